The highest BCUT2D eigenvalue weighted by Crippen LogP contribution is 2.35. The first-order valence-corrected chi connectivity index (χ1v) is 12.2. The van der Waals surface area contributed by atoms with E-state index in [1.165, 1.54) is 25.0 Å². The molecule has 0 N–H and O–H groups in total. The number of hydrogen-bond donors (Lipinski definition) is 0. The van der Waals surface area contributed by atoms with Crippen LogP contribution in [0.4, 0.5) is 13.2 Å². The molecule has 1 aliphatic carbocycles. The molecule has 0 amide bonds. The summed E-state index contributed by atoms with van der Waals surface area (Å²) in [6.07, 6.45) is 8.39. The second-order valence-electron chi connectivity index (χ2n) is 9.02. The summed E-state index contributed by atoms with van der Waals surface area (Å²) in [4.78, 5) is 0. The average Bonchev–Trinajstić information content (AvgIpc) is 2.86. The molecule has 0 spiro atoms. The number of ether oxygens (including phenoxy) is 1. The Balaban J connectivity index is 1.52. The van der Waals surface area contributed by atoms with E-state index in [2.05, 4.69) is 13.0 Å². The van der Waals surface area contributed by atoms with E-state index < -0.39 is 11.6 Å². The number of allylic oxidation sites excluding steroid dienone is 2. The van der Waals surface area contributed by atoms with Crippen LogP contribution in [0.5, 0.6) is 5.75 Å². The zero-order chi connectivity index (χ0) is 24.1. The summed E-state index contributed by atoms with van der Waals surface area (Å²) in [6.45, 7) is 4.44. The molecule has 178 valence electrons. The highest BCUT2D eigenvalue weighted by atomic mass is 19.2. The minimum absolute atomic E-state index is 0.0794. The first-order chi connectivity index (χ1) is 16.5. The highest BCUT2D eigenvalue weighted by Gasteiger charge is 2.18. The first-order valence-electron chi connectivity index (χ1n) is 12.2. The van der Waals surface area contributed by atoms with Crippen LogP contribution >= 0.6 is 0 Å². The summed E-state index contributed by atoms with van der Waals surface area (Å²) in [5, 5.41) is 0. The molecule has 1 unspecified atom stereocenters. The van der Waals surface area contributed by atoms with Gasteiger partial charge in [-0.25, -0.2) is 8.78 Å². The van der Waals surface area contributed by atoms with Gasteiger partial charge < -0.3 is 4.74 Å². The zero-order valence-corrected chi connectivity index (χ0v) is 19.8. The summed E-state index contributed by atoms with van der Waals surface area (Å²) < 4.78 is 49.2. The Bertz CT molecular complexity index is 1160. The van der Waals surface area contributed by atoms with Gasteiger partial charge in [0.15, 0.2) is 11.6 Å². The van der Waals surface area contributed by atoms with E-state index in [4.69, 9.17) is 4.74 Å². The molecule has 0 radical (unpaired) electrons. The van der Waals surface area contributed by atoms with E-state index in [1.807, 2.05) is 19.1 Å². The second kappa shape index (κ2) is 10.9. The lowest BCUT2D eigenvalue weighted by atomic mass is 9.84. The molecule has 0 aliphatic heterocycles. The highest BCUT2D eigenvalue weighted by molar-refractivity contribution is 5.74. The van der Waals surface area contributed by atoms with Crippen molar-refractivity contribution in [2.24, 2.45) is 5.92 Å². The third kappa shape index (κ3) is 5.22. The van der Waals surface area contributed by atoms with Crippen LogP contribution in [0.3, 0.4) is 0 Å². The summed E-state index contributed by atoms with van der Waals surface area (Å²) in [7, 11) is 0. The predicted octanol–water partition coefficient (Wildman–Crippen LogP) is 9.21. The smallest absolute Gasteiger partial charge is 0.201 e. The van der Waals surface area contributed by atoms with Crippen molar-refractivity contribution in [2.45, 2.75) is 52.4 Å². The van der Waals surface area contributed by atoms with Crippen molar-refractivity contribution < 1.29 is 17.9 Å². The molecule has 1 nitrogen and oxygen atoms in total. The van der Waals surface area contributed by atoms with Gasteiger partial charge in [0.2, 0.25) is 5.82 Å². The largest absolute Gasteiger partial charge is 0.490 e. The quantitative estimate of drug-likeness (QED) is 0.323. The number of halogens is 3. The van der Waals surface area contributed by atoms with Crippen molar-refractivity contribution in [1.29, 1.82) is 0 Å². The molecule has 1 aliphatic rings. The molecule has 3 aromatic rings. The molecule has 4 rings (SSSR count). The molecule has 0 fully saturated rings. The average molecular weight is 465 g/mol. The summed E-state index contributed by atoms with van der Waals surface area (Å²) in [6, 6.07) is 15.4. The summed E-state index contributed by atoms with van der Waals surface area (Å²) in [5.41, 5.74) is 4.06. The molecule has 3 aromatic carbocycles. The van der Waals surface area contributed by atoms with Gasteiger partial charge in [-0.15, -0.1) is 0 Å². The maximum Gasteiger partial charge on any atom is 0.201 e. The fourth-order valence-electron chi connectivity index (χ4n) is 4.68. The maximum atomic E-state index is 15.0. The molecule has 0 aromatic heterocycles. The topological polar surface area (TPSA) is 9.23 Å². The van der Waals surface area contributed by atoms with E-state index in [1.54, 1.807) is 30.3 Å². The van der Waals surface area contributed by atoms with E-state index in [0.29, 0.717) is 30.1 Å². The lowest BCUT2D eigenvalue weighted by Crippen LogP contribution is -2.05. The van der Waals surface area contributed by atoms with Crippen molar-refractivity contribution in [3.63, 3.8) is 0 Å². The van der Waals surface area contributed by atoms with Crippen LogP contribution in [0.15, 0.2) is 60.7 Å². The van der Waals surface area contributed by atoms with E-state index in [0.717, 1.165) is 36.0 Å². The van der Waals surface area contributed by atoms with E-state index in [-0.39, 0.29) is 17.1 Å². The third-order valence-corrected chi connectivity index (χ3v) is 6.57. The van der Waals surface area contributed by atoms with Crippen LogP contribution in [-0.2, 0) is 0 Å². The van der Waals surface area contributed by atoms with Gasteiger partial charge in [-0.1, -0.05) is 69.2 Å². The van der Waals surface area contributed by atoms with Crippen molar-refractivity contribution in [3.8, 4) is 28.0 Å². The monoisotopic (exact) mass is 464 g/mol. The molecule has 0 saturated carbocycles. The Hall–Kier alpha value is -3.01. The molecular formula is C30H31F3O. The minimum atomic E-state index is -0.981. The molecule has 0 heterocycles. The molecule has 34 heavy (non-hydrogen) atoms. The van der Waals surface area contributed by atoms with Gasteiger partial charge in [-0.05, 0) is 72.1 Å². The molecule has 0 bridgehead atoms. The Morgan fingerprint density at radius 1 is 0.794 bits per heavy atom. The number of benzene rings is 3. The van der Waals surface area contributed by atoms with Crippen molar-refractivity contribution >= 4 is 5.57 Å². The van der Waals surface area contributed by atoms with Crippen LogP contribution in [0.1, 0.15) is 57.9 Å². The van der Waals surface area contributed by atoms with E-state index >= 15 is 0 Å². The first kappa shape index (κ1) is 24.1. The minimum Gasteiger partial charge on any atom is -0.490 e. The molecule has 4 heteroatoms. The normalized spacial score (nSPS) is 15.8. The number of rotatable bonds is 8. The van der Waals surface area contributed by atoms with Gasteiger partial charge >= 0.3 is 0 Å². The van der Waals surface area contributed by atoms with Gasteiger partial charge in [0.05, 0.1) is 6.61 Å². The van der Waals surface area contributed by atoms with Gasteiger partial charge in [-0.3, -0.25) is 0 Å². The Morgan fingerprint density at radius 3 is 2.15 bits per heavy atom. The zero-order valence-electron chi connectivity index (χ0n) is 19.8. The Labute approximate surface area is 200 Å². The Morgan fingerprint density at radius 2 is 1.50 bits per heavy atom. The standard InChI is InChI=1S/C30H31F3O/c1-3-5-20-6-8-22(9-7-20)25-15-14-24(19-27(25)31)21-10-12-23(13-11-21)26-16-17-28(34-18-4-2)30(33)29(26)32/h8,10-17,19-20H,3-7,9,18H2,1-2H3. The van der Waals surface area contributed by atoms with Gasteiger partial charge in [0.25, 0.3) is 0 Å². The lowest BCUT2D eigenvalue weighted by molar-refractivity contribution is 0.295. The third-order valence-electron chi connectivity index (χ3n) is 6.57. The molecule has 1 atom stereocenters. The summed E-state index contributed by atoms with van der Waals surface area (Å²) >= 11 is 0. The molecule has 0 saturated heterocycles. The van der Waals surface area contributed by atoms with Gasteiger partial charge in [0.1, 0.15) is 5.82 Å². The van der Waals surface area contributed by atoms with E-state index in [9.17, 15) is 13.2 Å². The van der Waals surface area contributed by atoms with Crippen LogP contribution in [0, 0.1) is 23.4 Å². The van der Waals surface area contributed by atoms with Crippen LogP contribution in [0.2, 0.25) is 0 Å². The lowest BCUT2D eigenvalue weighted by Gasteiger charge is -2.22. The second-order valence-corrected chi connectivity index (χ2v) is 9.02. The SMILES string of the molecule is CCCOc1ccc(-c2ccc(-c3ccc(C4=CCC(CCC)CC4)c(F)c3)cc2)c(F)c1F. The summed E-state index contributed by atoms with van der Waals surface area (Å²) in [5.74, 6) is -1.50. The van der Waals surface area contributed by atoms with Crippen molar-refractivity contribution in [3.05, 3.63) is 83.7 Å². The fourth-order valence-corrected chi connectivity index (χ4v) is 4.68. The van der Waals surface area contributed by atoms with Crippen molar-refractivity contribution in [1.82, 2.24) is 0 Å². The number of hydrogen-bond acceptors (Lipinski definition) is 1. The predicted molar refractivity (Wildman–Crippen MR) is 133 cm³/mol. The van der Waals surface area contributed by atoms with Gasteiger partial charge in [-0.2, -0.15) is 4.39 Å². The fraction of sp³-hybridized carbons (Fsp3) is 0.333. The maximum absolute atomic E-state index is 15.0. The van der Waals surface area contributed by atoms with Gasteiger partial charge in [0, 0.05) is 11.1 Å². The van der Waals surface area contributed by atoms with Crippen LogP contribution < -0.4 is 4.74 Å². The van der Waals surface area contributed by atoms with Crippen LogP contribution in [0.25, 0.3) is 27.8 Å². The van der Waals surface area contributed by atoms with Crippen molar-refractivity contribution in [2.75, 3.05) is 6.61 Å². The molecular weight excluding hydrogens is 433 g/mol. The Kier molecular flexibility index (Phi) is 7.77. The van der Waals surface area contributed by atoms with Crippen LogP contribution in [-0.4, -0.2) is 6.61 Å².